The minimum atomic E-state index is -0.318. The largest absolute Gasteiger partial charge is 0.462 e. The third-order valence-corrected chi connectivity index (χ3v) is 4.57. The molecule has 0 saturated carbocycles. The molecule has 6 heteroatoms. The van der Waals surface area contributed by atoms with Crippen LogP contribution in [-0.2, 0) is 29.0 Å². The number of ether oxygens (including phenoxy) is 1. The number of carbonyl (C=O) groups excluding carboxylic acids is 1. The van der Waals surface area contributed by atoms with Crippen LogP contribution in [0.1, 0.15) is 37.6 Å². The Morgan fingerprint density at radius 3 is 2.21 bits per heavy atom. The van der Waals surface area contributed by atoms with Crippen molar-refractivity contribution in [2.75, 3.05) is 31.1 Å². The van der Waals surface area contributed by atoms with Crippen LogP contribution in [0.3, 0.4) is 0 Å². The van der Waals surface area contributed by atoms with E-state index in [-0.39, 0.29) is 12.2 Å². The highest BCUT2D eigenvalue weighted by Crippen LogP contribution is 2.15. The summed E-state index contributed by atoms with van der Waals surface area (Å²) in [7, 11) is 0. The van der Waals surface area contributed by atoms with Crippen molar-refractivity contribution in [1.82, 2.24) is 10.3 Å². The second-order valence-electron chi connectivity index (χ2n) is 8.05. The van der Waals surface area contributed by atoms with E-state index in [2.05, 4.69) is 44.2 Å². The summed E-state index contributed by atoms with van der Waals surface area (Å²) in [5.74, 6) is 0. The lowest BCUT2D eigenvalue weighted by molar-refractivity contribution is -0.138. The summed E-state index contributed by atoms with van der Waals surface area (Å²) in [5, 5.41) is 12.4. The van der Waals surface area contributed by atoms with E-state index >= 15 is 0 Å². The van der Waals surface area contributed by atoms with Gasteiger partial charge in [-0.05, 0) is 56.9 Å². The zero-order chi connectivity index (χ0) is 21.1. The molecule has 2 aromatic rings. The van der Waals surface area contributed by atoms with E-state index in [1.54, 1.807) is 0 Å². The molecule has 2 heterocycles. The third kappa shape index (κ3) is 8.62. The molecule has 0 atom stereocenters. The van der Waals surface area contributed by atoms with Crippen molar-refractivity contribution in [3.8, 4) is 0 Å². The summed E-state index contributed by atoms with van der Waals surface area (Å²) in [5.41, 5.74) is 4.27. The van der Waals surface area contributed by atoms with E-state index in [9.17, 15) is 4.79 Å². The van der Waals surface area contributed by atoms with Crippen molar-refractivity contribution in [1.29, 1.82) is 0 Å². The number of aryl methyl sites for hydroxylation is 2. The highest BCUT2D eigenvalue weighted by atomic mass is 16.5. The van der Waals surface area contributed by atoms with Gasteiger partial charge in [0.25, 0.3) is 6.47 Å². The van der Waals surface area contributed by atoms with Crippen molar-refractivity contribution in [2.45, 2.75) is 45.8 Å². The number of nitrogens with one attached hydrogen (secondary N) is 1. The van der Waals surface area contributed by atoms with Crippen molar-refractivity contribution in [3.05, 3.63) is 59.4 Å². The Hall–Kier alpha value is -2.44. The highest BCUT2D eigenvalue weighted by molar-refractivity contribution is 5.45. The molecule has 0 aliphatic carbocycles. The van der Waals surface area contributed by atoms with Crippen LogP contribution in [0, 0.1) is 0 Å². The minimum Gasteiger partial charge on any atom is -0.462 e. The number of aromatic nitrogens is 1. The van der Waals surface area contributed by atoms with Crippen LogP contribution in [0.15, 0.2) is 42.6 Å². The molecule has 3 rings (SSSR count). The number of pyridine rings is 1. The van der Waals surface area contributed by atoms with Crippen LogP contribution in [0.5, 0.6) is 0 Å². The molecule has 6 nitrogen and oxygen atoms in total. The molecular formula is C23H33N3O3. The van der Waals surface area contributed by atoms with Crippen molar-refractivity contribution in [3.63, 3.8) is 0 Å². The van der Waals surface area contributed by atoms with Crippen molar-refractivity contribution >= 4 is 12.2 Å². The summed E-state index contributed by atoms with van der Waals surface area (Å²) in [6.07, 6.45) is 3.92. The normalized spacial score (nSPS) is 14.0. The second kappa shape index (κ2) is 11.5. The van der Waals surface area contributed by atoms with Crippen LogP contribution >= 0.6 is 0 Å². The molecule has 1 aromatic carbocycles. The van der Waals surface area contributed by atoms with Gasteiger partial charge < -0.3 is 20.1 Å². The number of hydrogen-bond acceptors (Lipinski definition) is 6. The molecule has 2 N–H and O–H groups in total. The lowest BCUT2D eigenvalue weighted by atomic mass is 10.1. The maximum atomic E-state index is 9.60. The fraction of sp³-hybridized carbons (Fsp3) is 0.478. The zero-order valence-corrected chi connectivity index (χ0v) is 17.7. The Bertz CT molecular complexity index is 719. The summed E-state index contributed by atoms with van der Waals surface area (Å²) in [6, 6.07) is 12.5. The maximum absolute atomic E-state index is 9.60. The number of piperazine rings is 1. The fourth-order valence-corrected chi connectivity index (χ4v) is 2.90. The van der Waals surface area contributed by atoms with Gasteiger partial charge in [0.05, 0.1) is 18.5 Å². The molecule has 1 fully saturated rings. The van der Waals surface area contributed by atoms with Gasteiger partial charge in [-0.25, -0.2) is 0 Å². The van der Waals surface area contributed by atoms with Crippen LogP contribution in [0.2, 0.25) is 0 Å². The molecule has 1 aliphatic heterocycles. The topological polar surface area (TPSA) is 74.7 Å². The summed E-state index contributed by atoms with van der Waals surface area (Å²) < 4.78 is 4.55. The molecular weight excluding hydrogens is 366 g/mol. The van der Waals surface area contributed by atoms with Gasteiger partial charge in [0.2, 0.25) is 0 Å². The number of aliphatic hydroxyl groups is 1. The number of hydrogen-bond donors (Lipinski definition) is 2. The average Bonchev–Trinajstić information content (AvgIpc) is 2.73. The fourth-order valence-electron chi connectivity index (χ4n) is 2.90. The average molecular weight is 400 g/mol. The zero-order valence-electron chi connectivity index (χ0n) is 17.7. The van der Waals surface area contributed by atoms with Crippen LogP contribution in [0.25, 0.3) is 0 Å². The van der Waals surface area contributed by atoms with Gasteiger partial charge >= 0.3 is 0 Å². The predicted molar refractivity (Wildman–Crippen MR) is 116 cm³/mol. The lowest BCUT2D eigenvalue weighted by Crippen LogP contribution is -2.43. The third-order valence-electron chi connectivity index (χ3n) is 4.57. The van der Waals surface area contributed by atoms with E-state index in [1.165, 1.54) is 11.3 Å². The Morgan fingerprint density at radius 2 is 1.72 bits per heavy atom. The predicted octanol–water partition coefficient (Wildman–Crippen LogP) is 2.73. The summed E-state index contributed by atoms with van der Waals surface area (Å²) in [4.78, 5) is 16.6. The number of anilines is 1. The van der Waals surface area contributed by atoms with E-state index in [1.807, 2.05) is 39.1 Å². The van der Waals surface area contributed by atoms with E-state index in [0.717, 1.165) is 50.3 Å². The first kappa shape index (κ1) is 22.8. The van der Waals surface area contributed by atoms with Gasteiger partial charge in [0.15, 0.2) is 0 Å². The van der Waals surface area contributed by atoms with Crippen molar-refractivity contribution < 1.29 is 14.6 Å². The van der Waals surface area contributed by atoms with Gasteiger partial charge in [-0.15, -0.1) is 0 Å². The highest BCUT2D eigenvalue weighted by Gasteiger charge is 2.10. The molecule has 1 aromatic heterocycles. The first-order valence-electron chi connectivity index (χ1n) is 10.1. The Balaban J connectivity index is 0.000000370. The first-order valence-corrected chi connectivity index (χ1v) is 10.1. The number of nitrogens with zero attached hydrogens (tertiary/aromatic N) is 2. The molecule has 0 spiro atoms. The van der Waals surface area contributed by atoms with E-state index in [0.29, 0.717) is 6.47 Å². The number of benzene rings is 1. The van der Waals surface area contributed by atoms with E-state index in [4.69, 9.17) is 5.11 Å². The number of rotatable bonds is 6. The molecule has 0 radical (unpaired) electrons. The van der Waals surface area contributed by atoms with Gasteiger partial charge in [0.1, 0.15) is 5.60 Å². The molecule has 29 heavy (non-hydrogen) atoms. The molecule has 0 unspecified atom stereocenters. The molecule has 0 bridgehead atoms. The van der Waals surface area contributed by atoms with Crippen LogP contribution in [-0.4, -0.2) is 48.3 Å². The van der Waals surface area contributed by atoms with E-state index < -0.39 is 0 Å². The van der Waals surface area contributed by atoms with Crippen LogP contribution < -0.4 is 10.2 Å². The first-order chi connectivity index (χ1) is 13.9. The Morgan fingerprint density at radius 1 is 1.07 bits per heavy atom. The van der Waals surface area contributed by atoms with Gasteiger partial charge in [-0.1, -0.05) is 24.3 Å². The Kier molecular flexibility index (Phi) is 9.09. The minimum absolute atomic E-state index is 0.106. The smallest absolute Gasteiger partial charge is 0.293 e. The molecule has 1 aliphatic rings. The quantitative estimate of drug-likeness (QED) is 0.728. The molecule has 1 saturated heterocycles. The van der Waals surface area contributed by atoms with Gasteiger partial charge in [-0.3, -0.25) is 9.78 Å². The molecule has 158 valence electrons. The number of aliphatic hydroxyl groups excluding tert-OH is 1. The van der Waals surface area contributed by atoms with Gasteiger partial charge in [-0.2, -0.15) is 0 Å². The maximum Gasteiger partial charge on any atom is 0.293 e. The summed E-state index contributed by atoms with van der Waals surface area (Å²) in [6.45, 7) is 10.2. The monoisotopic (exact) mass is 399 g/mol. The lowest BCUT2D eigenvalue weighted by Gasteiger charge is -2.29. The number of carbonyl (C=O) groups is 1. The molecule has 0 amide bonds. The van der Waals surface area contributed by atoms with Gasteiger partial charge in [0, 0.05) is 31.9 Å². The SMILES string of the molecule is CC(C)(C)OC=O.OCc1ccc(CCc2ccc(N3CCNCC3)cn2)cc1. The Labute approximate surface area is 173 Å². The second-order valence-corrected chi connectivity index (χ2v) is 8.05. The summed E-state index contributed by atoms with van der Waals surface area (Å²) >= 11 is 0. The standard InChI is InChI=1S/C18H23N3O.C5H10O2/c22-14-16-3-1-15(2-4-16)5-6-17-7-8-18(13-20-17)21-11-9-19-10-12-21;1-5(2,3)7-4-6/h1-4,7-8,13,19,22H,5-6,9-12,14H2;4H,1-3H3. The van der Waals surface area contributed by atoms with Crippen LogP contribution in [0.4, 0.5) is 5.69 Å². The van der Waals surface area contributed by atoms with Crippen molar-refractivity contribution in [2.24, 2.45) is 0 Å².